The van der Waals surface area contributed by atoms with Crippen molar-refractivity contribution in [3.63, 3.8) is 0 Å². The number of quaternary nitrogens is 1. The first-order chi connectivity index (χ1) is 11.7. The fourth-order valence-electron chi connectivity index (χ4n) is 2.90. The van der Waals surface area contributed by atoms with Crippen molar-refractivity contribution in [3.05, 3.63) is 29.3 Å². The van der Waals surface area contributed by atoms with Gasteiger partial charge in [0.1, 0.15) is 0 Å². The molecule has 0 spiro atoms. The predicted octanol–water partition coefficient (Wildman–Crippen LogP) is 0.107. The molecule has 25 heavy (non-hydrogen) atoms. The predicted molar refractivity (Wildman–Crippen MR) is 98.1 cm³/mol. The zero-order chi connectivity index (χ0) is 18.6. The number of rotatable bonds is 6. The van der Waals surface area contributed by atoms with E-state index in [2.05, 4.69) is 5.32 Å². The summed E-state index contributed by atoms with van der Waals surface area (Å²) in [6.45, 7) is 10.5. The average molecular weight is 369 g/mol. The highest BCUT2D eigenvalue weighted by molar-refractivity contribution is 7.89. The number of nitrogens with one attached hydrogen (secondary N) is 2. The smallest absolute Gasteiger partial charge is 0.275 e. The first-order valence-corrected chi connectivity index (χ1v) is 10.4. The van der Waals surface area contributed by atoms with Crippen LogP contribution in [0.5, 0.6) is 0 Å². The minimum absolute atomic E-state index is 0.0369. The molecule has 2 rings (SSSR count). The van der Waals surface area contributed by atoms with Crippen molar-refractivity contribution >= 4 is 15.9 Å². The minimum Gasteiger partial charge on any atom is -0.349 e. The van der Waals surface area contributed by atoms with Crippen LogP contribution in [0.15, 0.2) is 23.1 Å². The van der Waals surface area contributed by atoms with Crippen LogP contribution in [0, 0.1) is 13.8 Å². The summed E-state index contributed by atoms with van der Waals surface area (Å²) in [6, 6.07) is 5.45. The first kappa shape index (κ1) is 19.9. The summed E-state index contributed by atoms with van der Waals surface area (Å²) >= 11 is 0. The Morgan fingerprint density at radius 1 is 1.24 bits per heavy atom. The molecule has 0 aliphatic carbocycles. The molecule has 0 bridgehead atoms. The van der Waals surface area contributed by atoms with Crippen molar-refractivity contribution in [1.82, 2.24) is 9.62 Å². The van der Waals surface area contributed by atoms with Gasteiger partial charge in [0, 0.05) is 6.04 Å². The van der Waals surface area contributed by atoms with Crippen molar-refractivity contribution < 1.29 is 18.1 Å². The van der Waals surface area contributed by atoms with Gasteiger partial charge in [-0.05, 0) is 50.5 Å². The van der Waals surface area contributed by atoms with E-state index in [0.717, 1.165) is 22.4 Å². The molecular formula is C18H30N3O3S+. The van der Waals surface area contributed by atoms with E-state index in [1.165, 1.54) is 4.31 Å². The van der Waals surface area contributed by atoms with Gasteiger partial charge in [0.25, 0.3) is 5.91 Å². The average Bonchev–Trinajstić information content (AvgIpc) is 2.57. The standard InChI is InChI=1S/C18H29N3O3S/c1-5-16(4)19-18(22)13-20-8-10-21(11-9-20)25(23,24)17-7-6-14(2)15(3)12-17/h6-7,12,16H,5,8-11,13H2,1-4H3,(H,19,22)/p+1/t16-/m1/s1. The number of carbonyl (C=O) groups is 1. The van der Waals surface area contributed by atoms with E-state index in [1.807, 2.05) is 33.8 Å². The number of benzene rings is 1. The monoisotopic (exact) mass is 368 g/mol. The van der Waals surface area contributed by atoms with Crippen LogP contribution in [-0.2, 0) is 14.8 Å². The van der Waals surface area contributed by atoms with Crippen LogP contribution in [0.25, 0.3) is 0 Å². The SMILES string of the molecule is CC[C@@H](C)NC(=O)C[NH+]1CCN(S(=O)(=O)c2ccc(C)c(C)c2)CC1. The van der Waals surface area contributed by atoms with Crippen molar-refractivity contribution in [2.75, 3.05) is 32.7 Å². The number of carbonyl (C=O) groups excluding carboxylic acids is 1. The molecular weight excluding hydrogens is 338 g/mol. The van der Waals surface area contributed by atoms with Gasteiger partial charge >= 0.3 is 0 Å². The van der Waals surface area contributed by atoms with Gasteiger partial charge in [0.2, 0.25) is 10.0 Å². The van der Waals surface area contributed by atoms with Gasteiger partial charge in [0.15, 0.2) is 6.54 Å². The quantitative estimate of drug-likeness (QED) is 0.749. The van der Waals surface area contributed by atoms with Crippen molar-refractivity contribution in [3.8, 4) is 0 Å². The van der Waals surface area contributed by atoms with Crippen LogP contribution in [-0.4, -0.2) is 57.4 Å². The highest BCUT2D eigenvalue weighted by Crippen LogP contribution is 2.19. The molecule has 1 aromatic rings. The van der Waals surface area contributed by atoms with Crippen LogP contribution in [0.1, 0.15) is 31.4 Å². The Labute approximate surface area is 151 Å². The van der Waals surface area contributed by atoms with Gasteiger partial charge in [-0.3, -0.25) is 4.79 Å². The number of hydrogen-bond acceptors (Lipinski definition) is 3. The molecule has 0 saturated carbocycles. The molecule has 1 aliphatic rings. The summed E-state index contributed by atoms with van der Waals surface area (Å²) in [5.74, 6) is 0.0369. The summed E-state index contributed by atoms with van der Waals surface area (Å²) in [6.07, 6.45) is 0.906. The molecule has 6 nitrogen and oxygen atoms in total. The van der Waals surface area contributed by atoms with Gasteiger partial charge in [0.05, 0.1) is 31.1 Å². The molecule has 2 N–H and O–H groups in total. The maximum atomic E-state index is 12.8. The minimum atomic E-state index is -3.46. The number of hydrogen-bond donors (Lipinski definition) is 2. The van der Waals surface area contributed by atoms with Crippen LogP contribution >= 0.6 is 0 Å². The van der Waals surface area contributed by atoms with Crippen molar-refractivity contribution in [2.45, 2.75) is 45.1 Å². The Balaban J connectivity index is 1.94. The molecule has 0 radical (unpaired) electrons. The first-order valence-electron chi connectivity index (χ1n) is 8.94. The molecule has 0 aromatic heterocycles. The Kier molecular flexibility index (Phi) is 6.59. The number of aryl methyl sites for hydroxylation is 2. The molecule has 7 heteroatoms. The fourth-order valence-corrected chi connectivity index (χ4v) is 4.43. The second-order valence-electron chi connectivity index (χ2n) is 6.95. The van der Waals surface area contributed by atoms with E-state index < -0.39 is 10.0 Å². The normalized spacial score (nSPS) is 18.1. The van der Waals surface area contributed by atoms with Crippen LogP contribution < -0.4 is 10.2 Å². The molecule has 1 aliphatic heterocycles. The molecule has 0 unspecified atom stereocenters. The topological polar surface area (TPSA) is 70.9 Å². The van der Waals surface area contributed by atoms with Gasteiger partial charge in [-0.1, -0.05) is 13.0 Å². The molecule has 1 aromatic carbocycles. The summed E-state index contributed by atoms with van der Waals surface area (Å²) in [4.78, 5) is 13.5. The molecule has 1 amide bonds. The second kappa shape index (κ2) is 8.29. The molecule has 1 heterocycles. The van der Waals surface area contributed by atoms with E-state index in [1.54, 1.807) is 12.1 Å². The maximum absolute atomic E-state index is 12.8. The third-order valence-corrected chi connectivity index (χ3v) is 6.87. The highest BCUT2D eigenvalue weighted by atomic mass is 32.2. The fraction of sp³-hybridized carbons (Fsp3) is 0.611. The number of sulfonamides is 1. The number of amides is 1. The highest BCUT2D eigenvalue weighted by Gasteiger charge is 2.31. The molecule has 1 saturated heterocycles. The summed E-state index contributed by atoms with van der Waals surface area (Å²) < 4.78 is 27.1. The zero-order valence-corrected chi connectivity index (χ0v) is 16.4. The lowest BCUT2D eigenvalue weighted by Gasteiger charge is -2.31. The summed E-state index contributed by atoms with van der Waals surface area (Å²) in [5.41, 5.74) is 2.06. The van der Waals surface area contributed by atoms with Crippen molar-refractivity contribution in [1.29, 1.82) is 0 Å². The van der Waals surface area contributed by atoms with Gasteiger partial charge in [-0.15, -0.1) is 0 Å². The van der Waals surface area contributed by atoms with Crippen LogP contribution in [0.2, 0.25) is 0 Å². The van der Waals surface area contributed by atoms with Gasteiger partial charge in [-0.25, -0.2) is 8.42 Å². The lowest BCUT2D eigenvalue weighted by atomic mass is 10.1. The Morgan fingerprint density at radius 2 is 1.88 bits per heavy atom. The maximum Gasteiger partial charge on any atom is 0.275 e. The number of piperazine rings is 1. The molecule has 140 valence electrons. The van der Waals surface area contributed by atoms with Gasteiger partial charge in [-0.2, -0.15) is 4.31 Å². The van der Waals surface area contributed by atoms with Crippen molar-refractivity contribution in [2.24, 2.45) is 0 Å². The van der Waals surface area contributed by atoms with Crippen LogP contribution in [0.4, 0.5) is 0 Å². The second-order valence-corrected chi connectivity index (χ2v) is 8.89. The third kappa shape index (κ3) is 5.03. The largest absolute Gasteiger partial charge is 0.349 e. The molecule has 1 fully saturated rings. The van der Waals surface area contributed by atoms with Gasteiger partial charge < -0.3 is 10.2 Å². The lowest BCUT2D eigenvalue weighted by Crippen LogP contribution is -3.15. The molecule has 1 atom stereocenters. The van der Waals surface area contributed by atoms with E-state index in [0.29, 0.717) is 37.6 Å². The van der Waals surface area contributed by atoms with Crippen LogP contribution in [0.3, 0.4) is 0 Å². The summed E-state index contributed by atoms with van der Waals surface area (Å²) in [7, 11) is -3.46. The Bertz CT molecular complexity index is 710. The van der Waals surface area contributed by atoms with E-state index in [4.69, 9.17) is 0 Å². The Morgan fingerprint density at radius 3 is 2.44 bits per heavy atom. The zero-order valence-electron chi connectivity index (χ0n) is 15.6. The van der Waals surface area contributed by atoms with E-state index >= 15 is 0 Å². The number of nitrogens with zero attached hydrogens (tertiary/aromatic N) is 1. The summed E-state index contributed by atoms with van der Waals surface area (Å²) in [5, 5.41) is 2.96. The van der Waals surface area contributed by atoms with E-state index in [9.17, 15) is 13.2 Å². The third-order valence-electron chi connectivity index (χ3n) is 4.98. The Hall–Kier alpha value is -1.44. The lowest BCUT2D eigenvalue weighted by molar-refractivity contribution is -0.895. The van der Waals surface area contributed by atoms with E-state index in [-0.39, 0.29) is 11.9 Å².